The lowest BCUT2D eigenvalue weighted by molar-refractivity contribution is -0.263. The molecule has 2 nitrogen and oxygen atoms in total. The molecule has 1 unspecified atom stereocenters. The molecule has 0 aliphatic carbocycles. The monoisotopic (exact) mass is 404 g/mol. The largest absolute Gasteiger partial charge is 0.443 e. The fourth-order valence-electron chi connectivity index (χ4n) is 1.71. The predicted octanol–water partition coefficient (Wildman–Crippen LogP) is 5.47. The van der Waals surface area contributed by atoms with Gasteiger partial charge in [0.25, 0.3) is 12.0 Å². The molecule has 0 saturated carbocycles. The van der Waals surface area contributed by atoms with Crippen LogP contribution in [0, 0.1) is 0 Å². The lowest BCUT2D eigenvalue weighted by Crippen LogP contribution is -2.46. The van der Waals surface area contributed by atoms with Gasteiger partial charge >= 0.3 is 24.5 Å². The normalized spacial score (nSPS) is 14.9. The number of hydrogen-bond acceptors (Lipinski definition) is 2. The smallest absolute Gasteiger partial charge is 0.431 e. The van der Waals surface area contributed by atoms with Crippen molar-refractivity contribution in [2.45, 2.75) is 37.5 Å². The van der Waals surface area contributed by atoms with Gasteiger partial charge in [-0.05, 0) is 18.2 Å². The van der Waals surface area contributed by atoms with Crippen molar-refractivity contribution in [2.24, 2.45) is 0 Å². The van der Waals surface area contributed by atoms with Gasteiger partial charge in [0, 0.05) is 6.92 Å². The van der Waals surface area contributed by atoms with Crippen LogP contribution in [0.3, 0.4) is 0 Å². The number of alkyl halides is 11. The van der Waals surface area contributed by atoms with Crippen molar-refractivity contribution in [3.05, 3.63) is 34.9 Å². The van der Waals surface area contributed by atoms with E-state index in [1.807, 2.05) is 0 Å². The van der Waals surface area contributed by atoms with E-state index in [-0.39, 0.29) is 19.1 Å². The third kappa shape index (κ3) is 5.46. The minimum atomic E-state index is -5.82. The zero-order valence-corrected chi connectivity index (χ0v) is 12.3. The van der Waals surface area contributed by atoms with E-state index in [9.17, 15) is 53.1 Å². The van der Waals surface area contributed by atoms with Crippen LogP contribution in [-0.2, 0) is 17.1 Å². The van der Waals surface area contributed by atoms with Crippen LogP contribution in [0.5, 0.6) is 0 Å². The summed E-state index contributed by atoms with van der Waals surface area (Å²) in [4.78, 5) is 11.5. The maximum Gasteiger partial charge on any atom is 0.431 e. The van der Waals surface area contributed by atoms with Gasteiger partial charge < -0.3 is 4.74 Å². The second-order valence-corrected chi connectivity index (χ2v) is 5.08. The number of benzene rings is 1. The van der Waals surface area contributed by atoms with Gasteiger partial charge in [0.05, 0.1) is 16.7 Å². The molecule has 1 aromatic rings. The average molecular weight is 404 g/mol. The van der Waals surface area contributed by atoms with Crippen LogP contribution < -0.4 is 0 Å². The Hall–Kier alpha value is -2.08. The first-order valence-corrected chi connectivity index (χ1v) is 6.28. The molecule has 0 radical (unpaired) electrons. The Morgan fingerprint density at radius 2 is 1.19 bits per heavy atom. The first kappa shape index (κ1) is 22.0. The van der Waals surface area contributed by atoms with Gasteiger partial charge in [-0.2, -0.15) is 39.5 Å². The minimum Gasteiger partial charge on any atom is -0.443 e. The van der Waals surface area contributed by atoms with Crippen molar-refractivity contribution < 1.29 is 57.8 Å². The van der Waals surface area contributed by atoms with E-state index >= 15 is 0 Å². The number of rotatable bonds is 3. The van der Waals surface area contributed by atoms with E-state index in [0.29, 0.717) is 0 Å². The highest BCUT2D eigenvalue weighted by Crippen LogP contribution is 2.38. The Labute approximate surface area is 137 Å². The predicted molar refractivity (Wildman–Crippen MR) is 62.3 cm³/mol. The number of carbonyl (C=O) groups is 1. The van der Waals surface area contributed by atoms with Crippen LogP contribution in [-0.4, -0.2) is 24.2 Å². The fraction of sp³-hybridized carbons (Fsp3) is 0.462. The molecule has 148 valence electrons. The maximum absolute atomic E-state index is 12.9. The standard InChI is InChI=1S/C13H7F11O2/c1-10(14,15)9(13(22,23)24)26-8(25)5-2-6(11(16,17)18)4-7(3-5)12(19,20)21/h2-4,9H,1H3. The van der Waals surface area contributed by atoms with Gasteiger partial charge in [-0.3, -0.25) is 0 Å². The van der Waals surface area contributed by atoms with Crippen LogP contribution in [0.4, 0.5) is 48.3 Å². The summed E-state index contributed by atoms with van der Waals surface area (Å²) in [6.45, 7) is -0.286. The zero-order chi connectivity index (χ0) is 20.7. The molecule has 1 atom stereocenters. The number of esters is 1. The Balaban J connectivity index is 3.39. The van der Waals surface area contributed by atoms with E-state index in [4.69, 9.17) is 0 Å². The van der Waals surface area contributed by atoms with Crippen LogP contribution in [0.2, 0.25) is 0 Å². The Morgan fingerprint density at radius 1 is 0.808 bits per heavy atom. The van der Waals surface area contributed by atoms with Crippen LogP contribution in [0.1, 0.15) is 28.4 Å². The molecule has 0 aromatic heterocycles. The molecule has 0 heterocycles. The lowest BCUT2D eigenvalue weighted by atomic mass is 10.0. The summed E-state index contributed by atoms with van der Waals surface area (Å²) in [5.74, 6) is -7.12. The molecular weight excluding hydrogens is 397 g/mol. The second-order valence-electron chi connectivity index (χ2n) is 5.08. The average Bonchev–Trinajstić information content (AvgIpc) is 2.39. The molecular formula is C13H7F11O2. The third-order valence-electron chi connectivity index (χ3n) is 2.81. The van der Waals surface area contributed by atoms with Gasteiger partial charge in [0.2, 0.25) is 0 Å². The topological polar surface area (TPSA) is 26.3 Å². The molecule has 0 spiro atoms. The Bertz CT molecular complexity index is 618. The molecule has 0 aliphatic rings. The van der Waals surface area contributed by atoms with E-state index in [2.05, 4.69) is 4.74 Å². The summed E-state index contributed by atoms with van der Waals surface area (Å²) >= 11 is 0. The van der Waals surface area contributed by atoms with Crippen LogP contribution in [0.25, 0.3) is 0 Å². The van der Waals surface area contributed by atoms with E-state index in [0.717, 1.165) is 0 Å². The molecule has 0 bridgehead atoms. The molecule has 1 aromatic carbocycles. The number of halogens is 11. The molecule has 13 heteroatoms. The van der Waals surface area contributed by atoms with E-state index in [1.54, 1.807) is 0 Å². The van der Waals surface area contributed by atoms with Crippen LogP contribution >= 0.6 is 0 Å². The quantitative estimate of drug-likeness (QED) is 0.494. The minimum absolute atomic E-state index is 0.237. The zero-order valence-electron chi connectivity index (χ0n) is 12.3. The van der Waals surface area contributed by atoms with Gasteiger partial charge in [0.1, 0.15) is 0 Å². The number of carbonyl (C=O) groups excluding carboxylic acids is 1. The fourth-order valence-corrected chi connectivity index (χ4v) is 1.71. The molecule has 26 heavy (non-hydrogen) atoms. The Morgan fingerprint density at radius 3 is 1.46 bits per heavy atom. The summed E-state index contributed by atoms with van der Waals surface area (Å²) < 4.78 is 143. The highest BCUT2D eigenvalue weighted by molar-refractivity contribution is 5.90. The summed E-state index contributed by atoms with van der Waals surface area (Å²) in [5.41, 5.74) is -5.66. The van der Waals surface area contributed by atoms with Crippen LogP contribution in [0.15, 0.2) is 18.2 Å². The SMILES string of the molecule is CC(F)(F)C(OC(=O)c1cc(C(F)(F)F)cc(C(F)(F)F)c1)C(F)(F)F. The third-order valence-corrected chi connectivity index (χ3v) is 2.81. The van der Waals surface area contributed by atoms with Crippen molar-refractivity contribution in [1.82, 2.24) is 0 Å². The highest BCUT2D eigenvalue weighted by atomic mass is 19.4. The van der Waals surface area contributed by atoms with Crippen molar-refractivity contribution in [3.8, 4) is 0 Å². The van der Waals surface area contributed by atoms with Gasteiger partial charge in [0.15, 0.2) is 0 Å². The number of ether oxygens (including phenoxy) is 1. The Kier molecular flexibility index (Phi) is 5.56. The molecule has 1 rings (SSSR count). The first-order valence-electron chi connectivity index (χ1n) is 6.28. The van der Waals surface area contributed by atoms with E-state index in [1.165, 1.54) is 0 Å². The second kappa shape index (κ2) is 6.58. The van der Waals surface area contributed by atoms with Gasteiger partial charge in [-0.25, -0.2) is 13.6 Å². The van der Waals surface area contributed by atoms with Gasteiger partial charge in [-0.15, -0.1) is 0 Å². The van der Waals surface area contributed by atoms with Crippen molar-refractivity contribution in [2.75, 3.05) is 0 Å². The molecule has 0 amide bonds. The molecule has 0 fully saturated rings. The van der Waals surface area contributed by atoms with Gasteiger partial charge in [-0.1, -0.05) is 0 Å². The summed E-state index contributed by atoms with van der Waals surface area (Å²) in [5, 5.41) is 0. The summed E-state index contributed by atoms with van der Waals surface area (Å²) in [7, 11) is 0. The molecule has 0 aliphatic heterocycles. The highest BCUT2D eigenvalue weighted by Gasteiger charge is 2.56. The lowest BCUT2D eigenvalue weighted by Gasteiger charge is -2.25. The molecule has 0 saturated heterocycles. The number of hydrogen-bond donors (Lipinski definition) is 0. The van der Waals surface area contributed by atoms with Crippen molar-refractivity contribution in [3.63, 3.8) is 0 Å². The van der Waals surface area contributed by atoms with Crippen molar-refractivity contribution >= 4 is 5.97 Å². The summed E-state index contributed by atoms with van der Waals surface area (Å²) in [6, 6.07) is -0.871. The van der Waals surface area contributed by atoms with Crippen molar-refractivity contribution in [1.29, 1.82) is 0 Å². The first-order chi connectivity index (χ1) is 11.3. The summed E-state index contributed by atoms with van der Waals surface area (Å²) in [6.07, 6.45) is -20.7. The molecule has 0 N–H and O–H groups in total. The van der Waals surface area contributed by atoms with E-state index < -0.39 is 59.3 Å². The maximum atomic E-state index is 12.9.